The summed E-state index contributed by atoms with van der Waals surface area (Å²) in [5.74, 6) is 1.58. The van der Waals surface area contributed by atoms with Crippen LogP contribution in [0.5, 0.6) is 5.75 Å². The summed E-state index contributed by atoms with van der Waals surface area (Å²) >= 11 is 0. The highest BCUT2D eigenvalue weighted by molar-refractivity contribution is 5.81. The van der Waals surface area contributed by atoms with Crippen molar-refractivity contribution in [2.24, 2.45) is 5.92 Å². The monoisotopic (exact) mass is 290 g/mol. The van der Waals surface area contributed by atoms with Crippen LogP contribution in [0.1, 0.15) is 33.6 Å². The van der Waals surface area contributed by atoms with E-state index in [2.05, 4.69) is 12.2 Å². The van der Waals surface area contributed by atoms with Crippen molar-refractivity contribution < 1.29 is 9.53 Å². The second kappa shape index (κ2) is 7.34. The number of carbonyl (C=O) groups excluding carboxylic acids is 1. The van der Waals surface area contributed by atoms with Crippen molar-refractivity contribution in [2.75, 3.05) is 25.0 Å². The van der Waals surface area contributed by atoms with Crippen LogP contribution in [-0.2, 0) is 4.79 Å². The number of rotatable bonds is 5. The van der Waals surface area contributed by atoms with Gasteiger partial charge in [-0.15, -0.1) is 0 Å². The lowest BCUT2D eigenvalue weighted by atomic mass is 10.0. The molecule has 0 bridgehead atoms. The first-order chi connectivity index (χ1) is 10.1. The molecule has 1 fully saturated rings. The average molecular weight is 290 g/mol. The van der Waals surface area contributed by atoms with E-state index in [-0.39, 0.29) is 12.0 Å². The summed E-state index contributed by atoms with van der Waals surface area (Å²) in [5, 5.41) is 3.21. The third-order valence-corrected chi connectivity index (χ3v) is 3.69. The highest BCUT2D eigenvalue weighted by atomic mass is 16.5. The number of anilines is 1. The number of carbonyl (C=O) groups is 1. The van der Waals surface area contributed by atoms with Crippen LogP contribution in [-0.4, -0.2) is 36.5 Å². The predicted octanol–water partition coefficient (Wildman–Crippen LogP) is 3.14. The fraction of sp³-hybridized carbons (Fsp3) is 0.588. The lowest BCUT2D eigenvalue weighted by Crippen LogP contribution is -2.41. The fourth-order valence-electron chi connectivity index (χ4n) is 2.67. The molecule has 1 aromatic carbocycles. The van der Waals surface area contributed by atoms with Crippen molar-refractivity contribution in [2.45, 2.75) is 39.7 Å². The molecule has 2 rings (SSSR count). The summed E-state index contributed by atoms with van der Waals surface area (Å²) in [6.45, 7) is 8.29. The van der Waals surface area contributed by atoms with Crippen molar-refractivity contribution in [3.63, 3.8) is 0 Å². The van der Waals surface area contributed by atoms with Crippen LogP contribution in [0.25, 0.3) is 0 Å². The molecule has 1 aromatic rings. The van der Waals surface area contributed by atoms with Gasteiger partial charge in [-0.2, -0.15) is 0 Å². The van der Waals surface area contributed by atoms with E-state index in [1.807, 2.05) is 43.0 Å². The number of para-hydroxylation sites is 2. The van der Waals surface area contributed by atoms with E-state index in [0.717, 1.165) is 30.9 Å². The molecule has 1 atom stereocenters. The SMILES string of the molecule is CC1CCCN(C(=O)CNc2ccccc2OC(C)C)C1. The van der Waals surface area contributed by atoms with Crippen LogP contribution in [0, 0.1) is 5.92 Å². The minimum Gasteiger partial charge on any atom is -0.489 e. The van der Waals surface area contributed by atoms with E-state index in [0.29, 0.717) is 12.5 Å². The Morgan fingerprint density at radius 2 is 2.19 bits per heavy atom. The molecule has 1 saturated heterocycles. The molecule has 1 N–H and O–H groups in total. The van der Waals surface area contributed by atoms with Gasteiger partial charge in [0.05, 0.1) is 18.3 Å². The van der Waals surface area contributed by atoms with Gasteiger partial charge in [-0.05, 0) is 44.7 Å². The number of ether oxygens (including phenoxy) is 1. The van der Waals surface area contributed by atoms with Gasteiger partial charge in [0.15, 0.2) is 0 Å². The zero-order valence-corrected chi connectivity index (χ0v) is 13.3. The van der Waals surface area contributed by atoms with E-state index in [1.165, 1.54) is 6.42 Å². The number of nitrogens with zero attached hydrogens (tertiary/aromatic N) is 1. The molecule has 0 spiro atoms. The topological polar surface area (TPSA) is 41.6 Å². The van der Waals surface area contributed by atoms with Gasteiger partial charge in [0.25, 0.3) is 0 Å². The summed E-state index contributed by atoms with van der Waals surface area (Å²) in [6.07, 6.45) is 2.45. The molecule has 4 heteroatoms. The highest BCUT2D eigenvalue weighted by Crippen LogP contribution is 2.24. The molecule has 1 aliphatic rings. The predicted molar refractivity (Wildman–Crippen MR) is 85.7 cm³/mol. The molecule has 1 unspecified atom stereocenters. The highest BCUT2D eigenvalue weighted by Gasteiger charge is 2.20. The summed E-state index contributed by atoms with van der Waals surface area (Å²) in [5.41, 5.74) is 0.879. The van der Waals surface area contributed by atoms with E-state index in [1.54, 1.807) is 0 Å². The number of hydrogen-bond donors (Lipinski definition) is 1. The van der Waals surface area contributed by atoms with Crippen molar-refractivity contribution >= 4 is 11.6 Å². The second-order valence-corrected chi connectivity index (χ2v) is 6.10. The molecule has 0 radical (unpaired) electrons. The molecule has 21 heavy (non-hydrogen) atoms. The molecule has 0 saturated carbocycles. The van der Waals surface area contributed by atoms with Gasteiger partial charge in [0, 0.05) is 13.1 Å². The summed E-state index contributed by atoms with van der Waals surface area (Å²) < 4.78 is 5.75. The minimum absolute atomic E-state index is 0.117. The molecule has 0 aliphatic carbocycles. The van der Waals surface area contributed by atoms with Crippen molar-refractivity contribution in [1.29, 1.82) is 0 Å². The molecule has 1 amide bonds. The van der Waals surface area contributed by atoms with Crippen LogP contribution < -0.4 is 10.1 Å². The van der Waals surface area contributed by atoms with Gasteiger partial charge < -0.3 is 15.0 Å². The molecule has 0 aromatic heterocycles. The Kier molecular flexibility index (Phi) is 5.48. The fourth-order valence-corrected chi connectivity index (χ4v) is 2.67. The van der Waals surface area contributed by atoms with Gasteiger partial charge in [-0.1, -0.05) is 19.1 Å². The normalized spacial score (nSPS) is 18.7. The van der Waals surface area contributed by atoms with Gasteiger partial charge in [-0.3, -0.25) is 4.79 Å². The van der Waals surface area contributed by atoms with E-state index in [4.69, 9.17) is 4.74 Å². The molecule has 1 heterocycles. The Morgan fingerprint density at radius 3 is 2.90 bits per heavy atom. The number of benzene rings is 1. The first-order valence-electron chi connectivity index (χ1n) is 7.83. The lowest BCUT2D eigenvalue weighted by Gasteiger charge is -2.31. The van der Waals surface area contributed by atoms with Crippen LogP contribution in [0.3, 0.4) is 0 Å². The van der Waals surface area contributed by atoms with Gasteiger partial charge in [-0.25, -0.2) is 0 Å². The van der Waals surface area contributed by atoms with Crippen molar-refractivity contribution in [3.8, 4) is 5.75 Å². The maximum absolute atomic E-state index is 12.3. The molecule has 4 nitrogen and oxygen atoms in total. The van der Waals surface area contributed by atoms with Gasteiger partial charge in [0.2, 0.25) is 5.91 Å². The average Bonchev–Trinajstić information content (AvgIpc) is 2.45. The summed E-state index contributed by atoms with van der Waals surface area (Å²) in [7, 11) is 0. The number of amides is 1. The Labute approximate surface area is 127 Å². The summed E-state index contributed by atoms with van der Waals surface area (Å²) in [4.78, 5) is 14.2. The minimum atomic E-state index is 0.117. The zero-order chi connectivity index (χ0) is 15.2. The van der Waals surface area contributed by atoms with Gasteiger partial charge in [0.1, 0.15) is 5.75 Å². The smallest absolute Gasteiger partial charge is 0.241 e. The van der Waals surface area contributed by atoms with Crippen LogP contribution >= 0.6 is 0 Å². The lowest BCUT2D eigenvalue weighted by molar-refractivity contribution is -0.130. The molecular formula is C17H26N2O2. The third-order valence-electron chi connectivity index (χ3n) is 3.69. The zero-order valence-electron chi connectivity index (χ0n) is 13.3. The number of likely N-dealkylation sites (tertiary alicyclic amines) is 1. The standard InChI is InChI=1S/C17H26N2O2/c1-13(2)21-16-9-5-4-8-15(16)18-11-17(20)19-10-6-7-14(3)12-19/h4-5,8-9,13-14,18H,6-7,10-12H2,1-3H3. The molecule has 116 valence electrons. The number of hydrogen-bond acceptors (Lipinski definition) is 3. The Bertz CT molecular complexity index is 474. The summed E-state index contributed by atoms with van der Waals surface area (Å²) in [6, 6.07) is 7.76. The quantitative estimate of drug-likeness (QED) is 0.906. The second-order valence-electron chi connectivity index (χ2n) is 6.10. The first-order valence-corrected chi connectivity index (χ1v) is 7.83. The van der Waals surface area contributed by atoms with E-state index < -0.39 is 0 Å². The van der Waals surface area contributed by atoms with Crippen LogP contribution in [0.2, 0.25) is 0 Å². The van der Waals surface area contributed by atoms with E-state index >= 15 is 0 Å². The number of nitrogens with one attached hydrogen (secondary N) is 1. The molecule has 1 aliphatic heterocycles. The molecular weight excluding hydrogens is 264 g/mol. The Balaban J connectivity index is 1.91. The van der Waals surface area contributed by atoms with Crippen molar-refractivity contribution in [1.82, 2.24) is 4.90 Å². The van der Waals surface area contributed by atoms with Gasteiger partial charge >= 0.3 is 0 Å². The Hall–Kier alpha value is -1.71. The third kappa shape index (κ3) is 4.66. The number of piperidine rings is 1. The van der Waals surface area contributed by atoms with Crippen LogP contribution in [0.15, 0.2) is 24.3 Å². The van der Waals surface area contributed by atoms with E-state index in [9.17, 15) is 4.79 Å². The largest absolute Gasteiger partial charge is 0.489 e. The first kappa shape index (κ1) is 15.7. The Morgan fingerprint density at radius 1 is 1.43 bits per heavy atom. The van der Waals surface area contributed by atoms with Crippen LogP contribution in [0.4, 0.5) is 5.69 Å². The van der Waals surface area contributed by atoms with Crippen molar-refractivity contribution in [3.05, 3.63) is 24.3 Å². The maximum Gasteiger partial charge on any atom is 0.241 e. The maximum atomic E-state index is 12.3.